The van der Waals surface area contributed by atoms with Crippen LogP contribution in [0.15, 0.2) is 66.7 Å². The minimum atomic E-state index is 0.0121. The summed E-state index contributed by atoms with van der Waals surface area (Å²) in [4.78, 5) is 2.58. The Morgan fingerprint density at radius 1 is 0.653 bits per heavy atom. The lowest BCUT2D eigenvalue weighted by Crippen LogP contribution is -2.59. The fourth-order valence-electron chi connectivity index (χ4n) is 8.99. The number of hydrogen-bond acceptors (Lipinski definition) is 3. The van der Waals surface area contributed by atoms with Crippen LogP contribution in [-0.4, -0.2) is 6.71 Å². The van der Waals surface area contributed by atoms with Gasteiger partial charge in [-0.15, -0.1) is 11.3 Å². The molecular weight excluding hydrogens is 613 g/mol. The van der Waals surface area contributed by atoms with Crippen molar-refractivity contribution in [3.8, 4) is 11.5 Å². The van der Waals surface area contributed by atoms with Gasteiger partial charge in [-0.25, -0.2) is 0 Å². The van der Waals surface area contributed by atoms with Crippen LogP contribution in [-0.2, 0) is 27.1 Å². The molecule has 0 unspecified atom stereocenters. The van der Waals surface area contributed by atoms with Gasteiger partial charge in [-0.05, 0) is 126 Å². The Morgan fingerprint density at radius 2 is 1.27 bits per heavy atom. The lowest BCUT2D eigenvalue weighted by atomic mass is 9.34. The molecule has 0 bridgehead atoms. The van der Waals surface area contributed by atoms with Crippen LogP contribution in [0.4, 0.5) is 16.4 Å². The number of benzene rings is 4. The minimum absolute atomic E-state index is 0.0121. The second-order valence-corrected chi connectivity index (χ2v) is 20.5. The Kier molecular flexibility index (Phi) is 6.71. The summed E-state index contributed by atoms with van der Waals surface area (Å²) in [5.74, 6) is 1.97. The smallest absolute Gasteiger partial charge is 0.258 e. The quantitative estimate of drug-likeness (QED) is 0.162. The van der Waals surface area contributed by atoms with Gasteiger partial charge in [-0.2, -0.15) is 0 Å². The van der Waals surface area contributed by atoms with E-state index >= 15 is 0 Å². The molecule has 0 spiro atoms. The van der Waals surface area contributed by atoms with E-state index in [1.807, 2.05) is 11.3 Å². The van der Waals surface area contributed by atoms with Gasteiger partial charge in [0.15, 0.2) is 0 Å². The maximum Gasteiger partial charge on any atom is 0.258 e. The number of fused-ring (bicyclic) bond motifs is 7. The van der Waals surface area contributed by atoms with Gasteiger partial charge in [0.1, 0.15) is 11.5 Å². The van der Waals surface area contributed by atoms with Crippen molar-refractivity contribution < 1.29 is 4.74 Å². The molecule has 5 aromatic rings. The normalized spacial score (nSPS) is 17.4. The fourth-order valence-corrected chi connectivity index (χ4v) is 10.3. The number of anilines is 3. The first kappa shape index (κ1) is 32.7. The van der Waals surface area contributed by atoms with Crippen molar-refractivity contribution in [1.82, 2.24) is 0 Å². The van der Waals surface area contributed by atoms with E-state index < -0.39 is 0 Å². The summed E-state index contributed by atoms with van der Waals surface area (Å²) in [7, 11) is 0. The van der Waals surface area contributed by atoms with Crippen molar-refractivity contribution in [2.24, 2.45) is 0 Å². The van der Waals surface area contributed by atoms with Gasteiger partial charge < -0.3 is 9.64 Å². The third kappa shape index (κ3) is 4.95. The molecule has 4 heteroatoms. The van der Waals surface area contributed by atoms with Crippen molar-refractivity contribution in [2.75, 3.05) is 4.90 Å². The second kappa shape index (κ2) is 10.1. The topological polar surface area (TPSA) is 12.5 Å². The molecule has 49 heavy (non-hydrogen) atoms. The molecule has 2 aliphatic heterocycles. The zero-order valence-corrected chi connectivity index (χ0v) is 32.7. The summed E-state index contributed by atoms with van der Waals surface area (Å²) in [6.45, 7) is 30.7. The van der Waals surface area contributed by atoms with Crippen molar-refractivity contribution >= 4 is 60.9 Å². The average molecular weight is 666 g/mol. The van der Waals surface area contributed by atoms with Gasteiger partial charge in [0.25, 0.3) is 6.71 Å². The van der Waals surface area contributed by atoms with Gasteiger partial charge in [0, 0.05) is 16.1 Å². The van der Waals surface area contributed by atoms with Crippen molar-refractivity contribution in [1.29, 1.82) is 0 Å². The zero-order chi connectivity index (χ0) is 35.2. The maximum absolute atomic E-state index is 6.92. The molecule has 0 N–H and O–H groups in total. The van der Waals surface area contributed by atoms with Gasteiger partial charge in [-0.3, -0.25) is 0 Å². The van der Waals surface area contributed by atoms with Crippen LogP contribution in [0.2, 0.25) is 0 Å². The molecule has 3 heterocycles. The lowest BCUT2D eigenvalue weighted by molar-refractivity contribution is 0.403. The van der Waals surface area contributed by atoms with Crippen molar-refractivity contribution in [3.05, 3.63) is 94.5 Å². The predicted octanol–water partition coefficient (Wildman–Crippen LogP) is 11.2. The van der Waals surface area contributed by atoms with E-state index in [2.05, 4.69) is 162 Å². The van der Waals surface area contributed by atoms with E-state index in [9.17, 15) is 0 Å². The summed E-state index contributed by atoms with van der Waals surface area (Å²) < 4.78 is 8.30. The molecule has 2 nitrogen and oxygen atoms in total. The average Bonchev–Trinajstić information content (AvgIpc) is 3.44. The van der Waals surface area contributed by atoms with E-state index in [1.165, 1.54) is 77.1 Å². The molecule has 1 aromatic heterocycles. The van der Waals surface area contributed by atoms with E-state index in [4.69, 9.17) is 4.74 Å². The molecule has 0 saturated heterocycles. The van der Waals surface area contributed by atoms with E-state index in [1.54, 1.807) is 0 Å². The van der Waals surface area contributed by atoms with Gasteiger partial charge >= 0.3 is 0 Å². The van der Waals surface area contributed by atoms with E-state index in [0.717, 1.165) is 11.5 Å². The number of rotatable bonds is 1. The number of nitrogens with zero attached hydrogens (tertiary/aromatic N) is 1. The van der Waals surface area contributed by atoms with Crippen LogP contribution in [0.3, 0.4) is 0 Å². The Bertz CT molecular complexity index is 2160. The minimum Gasteiger partial charge on any atom is -0.458 e. The van der Waals surface area contributed by atoms with Gasteiger partial charge in [-0.1, -0.05) is 114 Å². The summed E-state index contributed by atoms with van der Waals surface area (Å²) in [5, 5.41) is 2.73. The van der Waals surface area contributed by atoms with Crippen LogP contribution in [0.5, 0.6) is 11.5 Å². The number of ether oxygens (including phenoxy) is 1. The highest BCUT2D eigenvalue weighted by Crippen LogP contribution is 2.53. The predicted molar refractivity (Wildman–Crippen MR) is 214 cm³/mol. The molecule has 1 aliphatic carbocycles. The first-order valence-electron chi connectivity index (χ1n) is 18.2. The van der Waals surface area contributed by atoms with Crippen molar-refractivity contribution in [3.63, 3.8) is 0 Å². The molecule has 252 valence electrons. The Morgan fingerprint density at radius 3 is 1.88 bits per heavy atom. The first-order valence-corrected chi connectivity index (χ1v) is 19.0. The summed E-state index contributed by atoms with van der Waals surface area (Å²) in [6.07, 6.45) is 1.17. The van der Waals surface area contributed by atoms with Crippen LogP contribution in [0.1, 0.15) is 124 Å². The number of thiophene rings is 1. The van der Waals surface area contributed by atoms with Crippen LogP contribution < -0.4 is 26.0 Å². The number of hydrogen-bond donors (Lipinski definition) is 0. The molecule has 4 aromatic carbocycles. The lowest BCUT2D eigenvalue weighted by Gasteiger charge is -2.39. The van der Waals surface area contributed by atoms with E-state index in [0.29, 0.717) is 0 Å². The Hall–Kier alpha value is -3.50. The SMILES string of the molecule is CC(C)(C)c1cc(N2c3cccc4c3B(c3ccc(C(C)(C)C)cc3O4)c3c2sc2cc4c(cc32)C(C)(C)CC4(C)C)cc(C(C)(C)C)c1. The molecule has 8 rings (SSSR count). The molecule has 0 saturated carbocycles. The molecule has 0 radical (unpaired) electrons. The van der Waals surface area contributed by atoms with Crippen LogP contribution >= 0.6 is 11.3 Å². The maximum atomic E-state index is 6.92. The summed E-state index contributed by atoms with van der Waals surface area (Å²) in [6, 6.07) is 26.2. The van der Waals surface area contributed by atoms with Crippen molar-refractivity contribution in [2.45, 2.75) is 124 Å². The molecule has 0 atom stereocenters. The largest absolute Gasteiger partial charge is 0.458 e. The van der Waals surface area contributed by atoms with Gasteiger partial charge in [0.05, 0.1) is 5.00 Å². The van der Waals surface area contributed by atoms with Crippen LogP contribution in [0.25, 0.3) is 10.1 Å². The standard InChI is InChI=1S/C45H52BNOS/c1-41(2,3)26-17-18-33-36(22-26)48-35-16-14-15-34-39(35)46(33)38-30-23-31-32(45(12,13)25-44(31,10)11)24-37(30)49-40(38)47(34)29-20-27(42(4,5)6)19-28(21-29)43(7,8)9/h14-24H,25H2,1-13H3. The summed E-state index contributed by atoms with van der Waals surface area (Å²) in [5.41, 5.74) is 13.8. The fraction of sp³-hybridized carbons (Fsp3) is 0.422. The second-order valence-electron chi connectivity index (χ2n) is 19.5. The highest BCUT2D eigenvalue weighted by atomic mass is 32.1. The highest BCUT2D eigenvalue weighted by Gasteiger charge is 2.47. The van der Waals surface area contributed by atoms with Gasteiger partial charge in [0.2, 0.25) is 0 Å². The molecule has 3 aliphatic rings. The van der Waals surface area contributed by atoms with E-state index in [-0.39, 0.29) is 33.8 Å². The molecule has 0 fully saturated rings. The first-order chi connectivity index (χ1) is 22.6. The Labute approximate surface area is 299 Å². The summed E-state index contributed by atoms with van der Waals surface area (Å²) >= 11 is 1.98. The zero-order valence-electron chi connectivity index (χ0n) is 31.9. The monoisotopic (exact) mass is 665 g/mol. The Balaban J connectivity index is 1.48. The highest BCUT2D eigenvalue weighted by molar-refractivity contribution is 7.26. The van der Waals surface area contributed by atoms with Crippen LogP contribution in [0, 0.1) is 0 Å². The third-order valence-electron chi connectivity index (χ3n) is 11.6. The molecule has 0 amide bonds. The molecular formula is C45H52BNOS. The third-order valence-corrected chi connectivity index (χ3v) is 12.7.